The zero-order valence-corrected chi connectivity index (χ0v) is 15.1. The Hall–Kier alpha value is -2.09. The minimum atomic E-state index is -2.95. The number of sulfone groups is 1. The number of rotatable bonds is 4. The molecule has 6 nitrogen and oxygen atoms in total. The van der Waals surface area contributed by atoms with E-state index in [0.29, 0.717) is 30.3 Å². The summed E-state index contributed by atoms with van der Waals surface area (Å²) in [6.07, 6.45) is 0.579. The van der Waals surface area contributed by atoms with E-state index in [4.69, 9.17) is 4.42 Å². The first-order valence-corrected chi connectivity index (χ1v) is 10.1. The van der Waals surface area contributed by atoms with Gasteiger partial charge in [-0.3, -0.25) is 0 Å². The summed E-state index contributed by atoms with van der Waals surface area (Å²) >= 11 is 0. The number of hydrogen-bond acceptors (Lipinski definition) is 4. The lowest BCUT2D eigenvalue weighted by Gasteiger charge is -2.15. The third-order valence-electron chi connectivity index (χ3n) is 4.30. The molecule has 2 heterocycles. The number of guanidine groups is 1. The van der Waals surface area contributed by atoms with Crippen LogP contribution in [0.2, 0.25) is 0 Å². The molecule has 1 unspecified atom stereocenters. The maximum Gasteiger partial charge on any atom is 0.191 e. The van der Waals surface area contributed by atoms with Gasteiger partial charge in [0.1, 0.15) is 23.7 Å². The molecule has 0 bridgehead atoms. The highest BCUT2D eigenvalue weighted by molar-refractivity contribution is 7.91. The van der Waals surface area contributed by atoms with Gasteiger partial charge < -0.3 is 15.1 Å². The standard InChI is InChI=1S/C17H22FN3O3S/c1-3-19-17(21-13-6-7-25(22,23)10-13)20-9-16-11(2)14-8-12(18)4-5-15(14)24-16/h4-5,8,13H,3,6-7,9-10H2,1-2H3,(H2,19,20,21). The lowest BCUT2D eigenvalue weighted by Crippen LogP contribution is -2.44. The topological polar surface area (TPSA) is 83.7 Å². The molecule has 0 aliphatic carbocycles. The van der Waals surface area contributed by atoms with E-state index in [2.05, 4.69) is 15.6 Å². The molecule has 1 atom stereocenters. The minimum absolute atomic E-state index is 0.125. The number of halogens is 1. The number of fused-ring (bicyclic) bond motifs is 1. The number of benzene rings is 1. The lowest BCUT2D eigenvalue weighted by molar-refractivity contribution is 0.546. The highest BCUT2D eigenvalue weighted by Crippen LogP contribution is 2.26. The van der Waals surface area contributed by atoms with Crippen molar-refractivity contribution in [3.05, 3.63) is 35.3 Å². The van der Waals surface area contributed by atoms with Crippen molar-refractivity contribution in [2.75, 3.05) is 18.1 Å². The summed E-state index contributed by atoms with van der Waals surface area (Å²) in [5, 5.41) is 7.02. The Labute approximate surface area is 146 Å². The predicted octanol–water partition coefficient (Wildman–Crippen LogP) is 2.12. The van der Waals surface area contributed by atoms with E-state index in [1.165, 1.54) is 12.1 Å². The molecular formula is C17H22FN3O3S. The van der Waals surface area contributed by atoms with Gasteiger partial charge in [0.15, 0.2) is 15.8 Å². The molecule has 0 radical (unpaired) electrons. The van der Waals surface area contributed by atoms with Crippen LogP contribution in [0, 0.1) is 12.7 Å². The second-order valence-electron chi connectivity index (χ2n) is 6.23. The average Bonchev–Trinajstić information content (AvgIpc) is 3.05. The Morgan fingerprint density at radius 1 is 1.44 bits per heavy atom. The van der Waals surface area contributed by atoms with E-state index in [0.717, 1.165) is 10.9 Å². The summed E-state index contributed by atoms with van der Waals surface area (Å²) in [5.74, 6) is 1.25. The highest BCUT2D eigenvalue weighted by atomic mass is 32.2. The van der Waals surface area contributed by atoms with Crippen LogP contribution in [-0.2, 0) is 16.4 Å². The van der Waals surface area contributed by atoms with Crippen molar-refractivity contribution in [3.63, 3.8) is 0 Å². The molecule has 1 aromatic heterocycles. The smallest absolute Gasteiger partial charge is 0.191 e. The number of nitrogens with one attached hydrogen (secondary N) is 2. The monoisotopic (exact) mass is 367 g/mol. The summed E-state index contributed by atoms with van der Waals surface area (Å²) in [6.45, 7) is 4.77. The SMILES string of the molecule is CCNC(=NCc1oc2ccc(F)cc2c1C)NC1CCS(=O)(=O)C1. The third kappa shape index (κ3) is 4.12. The fourth-order valence-electron chi connectivity index (χ4n) is 2.97. The van der Waals surface area contributed by atoms with Gasteiger partial charge in [-0.15, -0.1) is 0 Å². The van der Waals surface area contributed by atoms with Gasteiger partial charge in [0, 0.05) is 23.5 Å². The fraction of sp³-hybridized carbons (Fsp3) is 0.471. The summed E-state index contributed by atoms with van der Waals surface area (Å²) in [6, 6.07) is 4.30. The van der Waals surface area contributed by atoms with E-state index < -0.39 is 9.84 Å². The van der Waals surface area contributed by atoms with Crippen LogP contribution < -0.4 is 10.6 Å². The first-order valence-electron chi connectivity index (χ1n) is 8.31. The van der Waals surface area contributed by atoms with Gasteiger partial charge in [-0.05, 0) is 38.5 Å². The molecule has 2 aromatic rings. The molecule has 1 aliphatic rings. The number of furan rings is 1. The third-order valence-corrected chi connectivity index (χ3v) is 6.06. The molecular weight excluding hydrogens is 345 g/mol. The van der Waals surface area contributed by atoms with Crippen LogP contribution in [0.15, 0.2) is 27.6 Å². The van der Waals surface area contributed by atoms with Crippen LogP contribution in [-0.4, -0.2) is 38.5 Å². The van der Waals surface area contributed by atoms with Crippen molar-refractivity contribution >= 4 is 26.8 Å². The summed E-state index contributed by atoms with van der Waals surface area (Å²) in [4.78, 5) is 4.49. The van der Waals surface area contributed by atoms with Crippen LogP contribution in [0.4, 0.5) is 4.39 Å². The summed E-state index contributed by atoms with van der Waals surface area (Å²) in [7, 11) is -2.95. The van der Waals surface area contributed by atoms with Crippen molar-refractivity contribution in [1.29, 1.82) is 0 Å². The molecule has 1 fully saturated rings. The van der Waals surface area contributed by atoms with E-state index in [1.54, 1.807) is 6.07 Å². The Morgan fingerprint density at radius 3 is 2.92 bits per heavy atom. The molecule has 8 heteroatoms. The van der Waals surface area contributed by atoms with Crippen molar-refractivity contribution in [1.82, 2.24) is 10.6 Å². The van der Waals surface area contributed by atoms with Gasteiger partial charge in [0.2, 0.25) is 0 Å². The minimum Gasteiger partial charge on any atom is -0.459 e. The molecule has 136 valence electrons. The molecule has 1 saturated heterocycles. The largest absolute Gasteiger partial charge is 0.459 e. The van der Waals surface area contributed by atoms with E-state index in [1.807, 2.05) is 13.8 Å². The molecule has 1 aromatic carbocycles. The van der Waals surface area contributed by atoms with Crippen molar-refractivity contribution in [2.45, 2.75) is 32.9 Å². The maximum atomic E-state index is 13.4. The van der Waals surface area contributed by atoms with E-state index in [-0.39, 0.29) is 29.9 Å². The number of hydrogen-bond donors (Lipinski definition) is 2. The molecule has 0 spiro atoms. The Bertz CT molecular complexity index is 905. The zero-order valence-electron chi connectivity index (χ0n) is 14.3. The van der Waals surface area contributed by atoms with Crippen LogP contribution >= 0.6 is 0 Å². The van der Waals surface area contributed by atoms with E-state index in [9.17, 15) is 12.8 Å². The van der Waals surface area contributed by atoms with Crippen LogP contribution in [0.3, 0.4) is 0 Å². The highest BCUT2D eigenvalue weighted by Gasteiger charge is 2.28. The molecule has 3 rings (SSSR count). The van der Waals surface area contributed by atoms with Gasteiger partial charge in [-0.25, -0.2) is 17.8 Å². The quantitative estimate of drug-likeness (QED) is 0.639. The maximum absolute atomic E-state index is 13.4. The van der Waals surface area contributed by atoms with E-state index >= 15 is 0 Å². The van der Waals surface area contributed by atoms with Gasteiger partial charge in [-0.1, -0.05) is 0 Å². The predicted molar refractivity (Wildman–Crippen MR) is 95.9 cm³/mol. The molecule has 1 aliphatic heterocycles. The summed E-state index contributed by atoms with van der Waals surface area (Å²) < 4.78 is 42.3. The Kier molecular flexibility index (Phi) is 4.99. The van der Waals surface area contributed by atoms with Gasteiger partial charge in [-0.2, -0.15) is 0 Å². The first kappa shape index (κ1) is 17.7. The average molecular weight is 367 g/mol. The zero-order chi connectivity index (χ0) is 18.0. The Morgan fingerprint density at radius 2 is 2.24 bits per heavy atom. The molecule has 25 heavy (non-hydrogen) atoms. The fourth-order valence-corrected chi connectivity index (χ4v) is 4.64. The van der Waals surface area contributed by atoms with Crippen molar-refractivity contribution in [3.8, 4) is 0 Å². The van der Waals surface area contributed by atoms with Gasteiger partial charge in [0.25, 0.3) is 0 Å². The summed E-state index contributed by atoms with van der Waals surface area (Å²) in [5.41, 5.74) is 1.49. The number of aliphatic imine (C=N–C) groups is 1. The lowest BCUT2D eigenvalue weighted by atomic mass is 10.1. The number of aryl methyl sites for hydroxylation is 1. The van der Waals surface area contributed by atoms with Crippen molar-refractivity contribution < 1.29 is 17.2 Å². The van der Waals surface area contributed by atoms with Gasteiger partial charge in [0.05, 0.1) is 11.5 Å². The molecule has 2 N–H and O–H groups in total. The van der Waals surface area contributed by atoms with Crippen molar-refractivity contribution in [2.24, 2.45) is 4.99 Å². The normalized spacial score (nSPS) is 20.1. The number of nitrogens with zero attached hydrogens (tertiary/aromatic N) is 1. The molecule has 0 amide bonds. The Balaban J connectivity index is 1.76. The first-order chi connectivity index (χ1) is 11.9. The second-order valence-corrected chi connectivity index (χ2v) is 8.46. The second kappa shape index (κ2) is 7.03. The van der Waals surface area contributed by atoms with Gasteiger partial charge >= 0.3 is 0 Å². The molecule has 0 saturated carbocycles. The van der Waals surface area contributed by atoms with Crippen LogP contribution in [0.1, 0.15) is 24.7 Å². The van der Waals surface area contributed by atoms with Crippen LogP contribution in [0.25, 0.3) is 11.0 Å². The van der Waals surface area contributed by atoms with Crippen LogP contribution in [0.5, 0.6) is 0 Å².